The average Bonchev–Trinajstić information content (AvgIpc) is 2.74. The molecule has 3 rings (SSSR count). The highest BCUT2D eigenvalue weighted by atomic mass is 16.5. The molecule has 29 heavy (non-hydrogen) atoms. The van der Waals surface area contributed by atoms with Crippen LogP contribution in [0, 0.1) is 0 Å². The van der Waals surface area contributed by atoms with Gasteiger partial charge in [0.05, 0.1) is 25.9 Å². The van der Waals surface area contributed by atoms with E-state index < -0.39 is 0 Å². The number of methoxy groups -OCH3 is 1. The van der Waals surface area contributed by atoms with Crippen LogP contribution in [-0.4, -0.2) is 36.4 Å². The largest absolute Gasteiger partial charge is 0.496 e. The van der Waals surface area contributed by atoms with Gasteiger partial charge in [0.2, 0.25) is 0 Å². The fourth-order valence-electron chi connectivity index (χ4n) is 3.63. The van der Waals surface area contributed by atoms with E-state index in [1.807, 2.05) is 19.1 Å². The Morgan fingerprint density at radius 3 is 2.72 bits per heavy atom. The highest BCUT2D eigenvalue weighted by Crippen LogP contribution is 2.20. The van der Waals surface area contributed by atoms with E-state index in [9.17, 15) is 9.59 Å². The summed E-state index contributed by atoms with van der Waals surface area (Å²) < 4.78 is 6.88. The van der Waals surface area contributed by atoms with Crippen LogP contribution in [0.2, 0.25) is 0 Å². The Kier molecular flexibility index (Phi) is 7.19. The summed E-state index contributed by atoms with van der Waals surface area (Å²) in [5.41, 5.74) is 5.12. The molecule has 1 aromatic heterocycles. The van der Waals surface area contributed by atoms with Crippen molar-refractivity contribution >= 4 is 11.6 Å². The van der Waals surface area contributed by atoms with Gasteiger partial charge in [-0.3, -0.25) is 9.59 Å². The third-order valence-electron chi connectivity index (χ3n) is 5.26. The van der Waals surface area contributed by atoms with Crippen molar-refractivity contribution in [3.05, 3.63) is 64.1 Å². The van der Waals surface area contributed by atoms with Gasteiger partial charge in [0.1, 0.15) is 18.8 Å². The van der Waals surface area contributed by atoms with E-state index in [4.69, 9.17) is 4.74 Å². The van der Waals surface area contributed by atoms with Gasteiger partial charge in [0, 0.05) is 17.8 Å². The zero-order chi connectivity index (χ0) is 20.6. The van der Waals surface area contributed by atoms with Gasteiger partial charge in [-0.25, -0.2) is 5.43 Å². The first-order chi connectivity index (χ1) is 14.1. The summed E-state index contributed by atoms with van der Waals surface area (Å²) in [5.74, 6) is 0.538. The molecule has 7 heteroatoms. The van der Waals surface area contributed by atoms with Crippen LogP contribution in [0.1, 0.15) is 37.3 Å². The van der Waals surface area contributed by atoms with Crippen molar-refractivity contribution in [2.45, 2.75) is 39.3 Å². The Labute approximate surface area is 171 Å². The second-order valence-corrected chi connectivity index (χ2v) is 7.41. The number of benzene rings is 1. The second kappa shape index (κ2) is 10.0. The van der Waals surface area contributed by atoms with Crippen molar-refractivity contribution < 1.29 is 14.4 Å². The van der Waals surface area contributed by atoms with Crippen molar-refractivity contribution in [2.24, 2.45) is 5.10 Å². The normalized spacial score (nSPS) is 15.2. The predicted octanol–water partition coefficient (Wildman–Crippen LogP) is 0.966. The molecule has 0 bridgehead atoms. The fraction of sp³-hybridized carbons (Fsp3) is 0.409. The van der Waals surface area contributed by atoms with Crippen LogP contribution in [0.3, 0.4) is 0 Å². The number of nitrogens with one attached hydrogen (secondary N) is 2. The molecule has 1 aliphatic rings. The maximum Gasteiger partial charge on any atom is 0.260 e. The van der Waals surface area contributed by atoms with Gasteiger partial charge in [0.25, 0.3) is 11.5 Å². The number of quaternary nitrogens is 1. The highest BCUT2D eigenvalue weighted by Gasteiger charge is 2.17. The van der Waals surface area contributed by atoms with E-state index in [-0.39, 0.29) is 18.0 Å². The number of hydrogen-bond acceptors (Lipinski definition) is 4. The van der Waals surface area contributed by atoms with Crippen LogP contribution in [0.4, 0.5) is 0 Å². The Morgan fingerprint density at radius 1 is 1.21 bits per heavy atom. The number of nitrogens with zero attached hydrogens (tertiary/aromatic N) is 2. The molecule has 0 atom stereocenters. The lowest BCUT2D eigenvalue weighted by atomic mass is 10.0. The summed E-state index contributed by atoms with van der Waals surface area (Å²) in [6.07, 6.45) is 5.45. The molecule has 2 heterocycles. The number of hydrogen-bond donors (Lipinski definition) is 2. The van der Waals surface area contributed by atoms with Crippen LogP contribution in [0.5, 0.6) is 5.75 Å². The molecule has 1 fully saturated rings. The number of hydrazone groups is 1. The van der Waals surface area contributed by atoms with Gasteiger partial charge in [0.15, 0.2) is 0 Å². The Balaban J connectivity index is 1.68. The first-order valence-electron chi connectivity index (χ1n) is 10.1. The minimum absolute atomic E-state index is 0.0668. The number of pyridine rings is 1. The molecule has 1 aromatic carbocycles. The number of aromatic nitrogens is 1. The molecule has 7 nitrogen and oxygen atoms in total. The molecule has 2 N–H and O–H groups in total. The van der Waals surface area contributed by atoms with E-state index in [0.29, 0.717) is 5.71 Å². The monoisotopic (exact) mass is 397 g/mol. The van der Waals surface area contributed by atoms with E-state index >= 15 is 0 Å². The fourth-order valence-corrected chi connectivity index (χ4v) is 3.63. The maximum atomic E-state index is 12.1. The second-order valence-electron chi connectivity index (χ2n) is 7.41. The number of rotatable bonds is 7. The summed E-state index contributed by atoms with van der Waals surface area (Å²) in [6, 6.07) is 10.8. The lowest BCUT2D eigenvalue weighted by Gasteiger charge is -2.24. The van der Waals surface area contributed by atoms with E-state index in [2.05, 4.69) is 16.6 Å². The minimum atomic E-state index is -0.343. The topological polar surface area (TPSA) is 77.1 Å². The number of carbonyl (C=O) groups is 1. The summed E-state index contributed by atoms with van der Waals surface area (Å²) in [5, 5.41) is 4.22. The molecular weight excluding hydrogens is 368 g/mol. The number of ether oxygens (including phenoxy) is 1. The van der Waals surface area contributed by atoms with Crippen molar-refractivity contribution in [2.75, 3.05) is 20.2 Å². The minimum Gasteiger partial charge on any atom is -0.496 e. The summed E-state index contributed by atoms with van der Waals surface area (Å²) in [6.45, 7) is 5.09. The first kappa shape index (κ1) is 20.8. The van der Waals surface area contributed by atoms with Crippen LogP contribution < -0.4 is 20.6 Å². The summed E-state index contributed by atoms with van der Waals surface area (Å²) >= 11 is 0. The standard InChI is InChI=1S/C22H28N4O3/c1-17(23-24-21(27)16-26-13-7-4-8-22(26)28)18-9-10-20(29-2)19(14-18)15-25-11-5-3-6-12-25/h4,7-10,13-14H,3,5-6,11-12,15-16H2,1-2H3,(H,24,27)/p+1/b23-17-. The zero-order valence-electron chi connectivity index (χ0n) is 17.1. The number of carbonyl (C=O) groups excluding carboxylic acids is 1. The maximum absolute atomic E-state index is 12.1. The highest BCUT2D eigenvalue weighted by molar-refractivity contribution is 5.99. The molecule has 0 saturated carbocycles. The first-order valence-corrected chi connectivity index (χ1v) is 10.1. The van der Waals surface area contributed by atoms with Gasteiger partial charge >= 0.3 is 0 Å². The quantitative estimate of drug-likeness (QED) is 0.540. The van der Waals surface area contributed by atoms with Crippen LogP contribution in [0.25, 0.3) is 0 Å². The van der Waals surface area contributed by atoms with Gasteiger partial charge < -0.3 is 14.2 Å². The zero-order valence-corrected chi connectivity index (χ0v) is 17.1. The molecule has 0 aliphatic carbocycles. The average molecular weight is 397 g/mol. The molecular formula is C22H29N4O3+. The summed E-state index contributed by atoms with van der Waals surface area (Å²) in [4.78, 5) is 25.4. The van der Waals surface area contributed by atoms with Crippen molar-refractivity contribution in [1.82, 2.24) is 9.99 Å². The molecule has 1 saturated heterocycles. The van der Waals surface area contributed by atoms with Crippen LogP contribution in [0.15, 0.2) is 52.5 Å². The Bertz CT molecular complexity index is 930. The number of amides is 1. The summed E-state index contributed by atoms with van der Waals surface area (Å²) in [7, 11) is 1.69. The third kappa shape index (κ3) is 5.77. The van der Waals surface area contributed by atoms with Gasteiger partial charge in [-0.15, -0.1) is 0 Å². The van der Waals surface area contributed by atoms with Crippen molar-refractivity contribution in [3.63, 3.8) is 0 Å². The molecule has 0 unspecified atom stereocenters. The van der Waals surface area contributed by atoms with E-state index in [1.165, 1.54) is 43.0 Å². The lowest BCUT2D eigenvalue weighted by Crippen LogP contribution is -3.11. The predicted molar refractivity (Wildman–Crippen MR) is 112 cm³/mol. The molecule has 0 spiro atoms. The van der Waals surface area contributed by atoms with E-state index in [0.717, 1.165) is 23.4 Å². The smallest absolute Gasteiger partial charge is 0.260 e. The van der Waals surface area contributed by atoms with Gasteiger partial charge in [-0.1, -0.05) is 6.07 Å². The van der Waals surface area contributed by atoms with Crippen LogP contribution in [-0.2, 0) is 17.9 Å². The Morgan fingerprint density at radius 2 is 2.00 bits per heavy atom. The van der Waals surface area contributed by atoms with Crippen molar-refractivity contribution in [3.8, 4) is 5.75 Å². The molecule has 2 aromatic rings. The SMILES string of the molecule is COc1ccc(/C(C)=N\NC(=O)Cn2ccccc2=O)cc1C[NH+]1CCCCC1. The molecule has 1 aliphatic heterocycles. The third-order valence-corrected chi connectivity index (χ3v) is 5.26. The van der Waals surface area contributed by atoms with Crippen LogP contribution >= 0.6 is 0 Å². The molecule has 1 amide bonds. The molecule has 154 valence electrons. The van der Waals surface area contributed by atoms with Gasteiger partial charge in [-0.2, -0.15) is 5.10 Å². The van der Waals surface area contributed by atoms with Gasteiger partial charge in [-0.05, 0) is 56.0 Å². The lowest BCUT2D eigenvalue weighted by molar-refractivity contribution is -0.918. The number of piperidine rings is 1. The van der Waals surface area contributed by atoms with E-state index in [1.54, 1.807) is 30.3 Å². The van der Waals surface area contributed by atoms with Crippen molar-refractivity contribution in [1.29, 1.82) is 0 Å². The number of likely N-dealkylation sites (tertiary alicyclic amines) is 1. The Hall–Kier alpha value is -2.93. The molecule has 0 radical (unpaired) electrons.